The molecule has 5 rings (SSSR count). The van der Waals surface area contributed by atoms with Gasteiger partial charge in [0.05, 0.1) is 6.04 Å². The third-order valence-electron chi connectivity index (χ3n) is 4.71. The monoisotopic (exact) mass is 329 g/mol. The van der Waals surface area contributed by atoms with Crippen LogP contribution in [-0.2, 0) is 0 Å². The molecule has 1 aromatic heterocycles. The fourth-order valence-electron chi connectivity index (χ4n) is 3.53. The maximum atomic E-state index is 12.1. The highest BCUT2D eigenvalue weighted by Gasteiger charge is 2.31. The van der Waals surface area contributed by atoms with Crippen LogP contribution in [0.3, 0.4) is 0 Å². The van der Waals surface area contributed by atoms with Crippen molar-refractivity contribution in [1.82, 2.24) is 5.32 Å². The van der Waals surface area contributed by atoms with Crippen molar-refractivity contribution in [2.75, 3.05) is 0 Å². The molecule has 1 atom stereocenters. The van der Waals surface area contributed by atoms with Crippen molar-refractivity contribution in [3.05, 3.63) is 77.4 Å². The smallest absolute Gasteiger partial charge is 0.413 e. The Morgan fingerprint density at radius 1 is 0.920 bits per heavy atom. The minimum absolute atomic E-state index is 0.276. The molecule has 4 heteroatoms. The van der Waals surface area contributed by atoms with Crippen LogP contribution in [0.25, 0.3) is 21.9 Å². The van der Waals surface area contributed by atoms with Gasteiger partial charge in [0.15, 0.2) is 0 Å². The number of benzene rings is 3. The summed E-state index contributed by atoms with van der Waals surface area (Å²) in [6.07, 6.45) is -0.440. The lowest BCUT2D eigenvalue weighted by Crippen LogP contribution is -2.36. The average molecular weight is 329 g/mol. The van der Waals surface area contributed by atoms with Crippen LogP contribution in [0.4, 0.5) is 4.79 Å². The minimum atomic E-state index is -0.440. The topological polar surface area (TPSA) is 51.5 Å². The molecule has 1 unspecified atom stereocenters. The minimum Gasteiger partial charge on any atom is -0.456 e. The Morgan fingerprint density at radius 2 is 1.72 bits per heavy atom. The maximum Gasteiger partial charge on any atom is 0.413 e. The lowest BCUT2D eigenvalue weighted by molar-refractivity contribution is 0.191. The van der Waals surface area contributed by atoms with Crippen LogP contribution in [0.2, 0.25) is 0 Å². The summed E-state index contributed by atoms with van der Waals surface area (Å²) < 4.78 is 11.4. The molecule has 3 aromatic carbocycles. The molecular formula is C21H15NO3. The molecule has 1 amide bonds. The van der Waals surface area contributed by atoms with E-state index in [0.717, 1.165) is 33.1 Å². The summed E-state index contributed by atoms with van der Waals surface area (Å²) in [7, 11) is 0. The second kappa shape index (κ2) is 5.11. The highest BCUT2D eigenvalue weighted by molar-refractivity contribution is 6.08. The normalized spacial score (nSPS) is 16.5. The first-order chi connectivity index (χ1) is 12.2. The number of nitrogens with one attached hydrogen (secondary N) is 1. The van der Waals surface area contributed by atoms with E-state index >= 15 is 0 Å². The van der Waals surface area contributed by atoms with Crippen LogP contribution < -0.4 is 10.1 Å². The zero-order valence-electron chi connectivity index (χ0n) is 13.6. The summed E-state index contributed by atoms with van der Waals surface area (Å²) in [5, 5.41) is 4.96. The van der Waals surface area contributed by atoms with E-state index < -0.39 is 6.09 Å². The van der Waals surface area contributed by atoms with Gasteiger partial charge in [0.25, 0.3) is 0 Å². The van der Waals surface area contributed by atoms with Crippen LogP contribution in [-0.4, -0.2) is 6.09 Å². The molecule has 25 heavy (non-hydrogen) atoms. The van der Waals surface area contributed by atoms with Gasteiger partial charge in [-0.05, 0) is 30.7 Å². The van der Waals surface area contributed by atoms with Gasteiger partial charge in [0.1, 0.15) is 16.9 Å². The quantitative estimate of drug-likeness (QED) is 0.529. The molecule has 1 aliphatic rings. The number of amides is 1. The van der Waals surface area contributed by atoms with Gasteiger partial charge in [-0.15, -0.1) is 0 Å². The molecular weight excluding hydrogens is 314 g/mol. The van der Waals surface area contributed by atoms with Crippen molar-refractivity contribution in [3.8, 4) is 5.75 Å². The first kappa shape index (κ1) is 14.1. The van der Waals surface area contributed by atoms with E-state index in [1.165, 1.54) is 5.56 Å². The second-order valence-corrected chi connectivity index (χ2v) is 6.33. The van der Waals surface area contributed by atoms with Gasteiger partial charge in [0, 0.05) is 16.3 Å². The van der Waals surface area contributed by atoms with E-state index in [1.807, 2.05) is 61.5 Å². The van der Waals surface area contributed by atoms with Gasteiger partial charge in [-0.2, -0.15) is 0 Å². The average Bonchev–Trinajstić information content (AvgIpc) is 3.00. The molecule has 0 saturated heterocycles. The Balaban J connectivity index is 1.85. The summed E-state index contributed by atoms with van der Waals surface area (Å²) in [6.45, 7) is 2.04. The Bertz CT molecular complexity index is 1130. The predicted molar refractivity (Wildman–Crippen MR) is 95.9 cm³/mol. The number of para-hydroxylation sites is 1. The Hall–Kier alpha value is -3.27. The zero-order valence-corrected chi connectivity index (χ0v) is 13.6. The standard InChI is InChI=1S/C21H15NO3/c1-12-6-8-13(9-7-12)20-19-17(25-21(23)22-20)11-10-16-18(19)14-4-2-3-5-15(14)24-16/h2-11,20H,1H3,(H,22,23). The number of hydrogen-bond donors (Lipinski definition) is 1. The number of fused-ring (bicyclic) bond motifs is 5. The highest BCUT2D eigenvalue weighted by atomic mass is 16.6. The van der Waals surface area contributed by atoms with Crippen molar-refractivity contribution >= 4 is 28.0 Å². The van der Waals surface area contributed by atoms with Gasteiger partial charge < -0.3 is 14.5 Å². The van der Waals surface area contributed by atoms with Gasteiger partial charge in [0.2, 0.25) is 0 Å². The Labute approximate surface area is 144 Å². The second-order valence-electron chi connectivity index (χ2n) is 6.33. The SMILES string of the molecule is Cc1ccc(C2NC(=O)Oc3ccc4oc5ccccc5c4c32)cc1. The lowest BCUT2D eigenvalue weighted by Gasteiger charge is -2.27. The fourth-order valence-corrected chi connectivity index (χ4v) is 3.53. The number of furan rings is 1. The molecule has 0 saturated carbocycles. The Morgan fingerprint density at radius 3 is 2.56 bits per heavy atom. The van der Waals surface area contributed by atoms with E-state index in [-0.39, 0.29) is 6.04 Å². The molecule has 1 aliphatic heterocycles. The summed E-state index contributed by atoms with van der Waals surface area (Å²) >= 11 is 0. The number of hydrogen-bond acceptors (Lipinski definition) is 3. The molecule has 0 radical (unpaired) electrons. The molecule has 4 aromatic rings. The third-order valence-corrected chi connectivity index (χ3v) is 4.71. The van der Waals surface area contributed by atoms with Gasteiger partial charge in [-0.25, -0.2) is 4.79 Å². The van der Waals surface area contributed by atoms with Crippen LogP contribution in [0, 0.1) is 6.92 Å². The first-order valence-electron chi connectivity index (χ1n) is 8.20. The van der Waals surface area contributed by atoms with Gasteiger partial charge in [-0.3, -0.25) is 0 Å². The summed E-state index contributed by atoms with van der Waals surface area (Å²) in [4.78, 5) is 12.1. The van der Waals surface area contributed by atoms with Crippen molar-refractivity contribution in [3.63, 3.8) is 0 Å². The molecule has 4 nitrogen and oxygen atoms in total. The third kappa shape index (κ3) is 2.11. The summed E-state index contributed by atoms with van der Waals surface area (Å²) in [5.74, 6) is 0.577. The zero-order chi connectivity index (χ0) is 17.0. The van der Waals surface area contributed by atoms with Crippen LogP contribution in [0.15, 0.2) is 65.1 Å². The Kier molecular flexibility index (Phi) is 2.88. The van der Waals surface area contributed by atoms with E-state index in [1.54, 1.807) is 6.07 Å². The lowest BCUT2D eigenvalue weighted by atomic mass is 9.92. The first-order valence-corrected chi connectivity index (χ1v) is 8.20. The number of carbonyl (C=O) groups excluding carboxylic acids is 1. The largest absolute Gasteiger partial charge is 0.456 e. The molecule has 2 heterocycles. The molecule has 122 valence electrons. The van der Waals surface area contributed by atoms with Crippen LogP contribution >= 0.6 is 0 Å². The molecule has 0 spiro atoms. The number of ether oxygens (including phenoxy) is 1. The molecule has 1 N–H and O–H groups in total. The van der Waals surface area contributed by atoms with Crippen molar-refractivity contribution in [2.24, 2.45) is 0 Å². The van der Waals surface area contributed by atoms with E-state index in [0.29, 0.717) is 5.75 Å². The van der Waals surface area contributed by atoms with Crippen molar-refractivity contribution in [1.29, 1.82) is 0 Å². The molecule has 0 aliphatic carbocycles. The summed E-state index contributed by atoms with van der Waals surface area (Å²) in [6, 6.07) is 19.5. The van der Waals surface area contributed by atoms with E-state index in [9.17, 15) is 4.79 Å². The highest BCUT2D eigenvalue weighted by Crippen LogP contribution is 2.43. The van der Waals surface area contributed by atoms with Crippen LogP contribution in [0.5, 0.6) is 5.75 Å². The molecule has 0 bridgehead atoms. The van der Waals surface area contributed by atoms with E-state index in [4.69, 9.17) is 9.15 Å². The number of aryl methyl sites for hydroxylation is 1. The maximum absolute atomic E-state index is 12.1. The van der Waals surface area contributed by atoms with Crippen LogP contribution in [0.1, 0.15) is 22.7 Å². The van der Waals surface area contributed by atoms with E-state index in [2.05, 4.69) is 5.32 Å². The number of carbonyl (C=O) groups is 1. The summed E-state index contributed by atoms with van der Waals surface area (Å²) in [5.41, 5.74) is 4.74. The fraction of sp³-hybridized carbons (Fsp3) is 0.0952. The molecule has 0 fully saturated rings. The predicted octanol–water partition coefficient (Wildman–Crippen LogP) is 5.09. The van der Waals surface area contributed by atoms with Gasteiger partial charge >= 0.3 is 6.09 Å². The van der Waals surface area contributed by atoms with Crippen molar-refractivity contribution < 1.29 is 13.9 Å². The van der Waals surface area contributed by atoms with Gasteiger partial charge in [-0.1, -0.05) is 48.0 Å². The number of rotatable bonds is 1. The van der Waals surface area contributed by atoms with Crippen molar-refractivity contribution in [2.45, 2.75) is 13.0 Å².